The number of ether oxygens (including phenoxy) is 1. The number of Topliss-reactive ketones (excluding diaryl/α,β-unsaturated/α-hetero) is 1. The molecule has 35 heavy (non-hydrogen) atoms. The highest BCUT2D eigenvalue weighted by Gasteiger charge is 2.36. The SMILES string of the molecule is O=C(Cc1cnc2c(c1)N(S(=O)(=O)c1cccc(C3CC3)c1)C[C@H](CO)O2)c1c(Cl)cccc1Cl. The van der Waals surface area contributed by atoms with Gasteiger partial charge in [-0.25, -0.2) is 13.4 Å². The third-order valence-corrected chi connectivity index (χ3v) is 8.52. The Kier molecular flexibility index (Phi) is 6.48. The first-order valence-corrected chi connectivity index (χ1v) is 13.3. The Morgan fingerprint density at radius 1 is 1.11 bits per heavy atom. The van der Waals surface area contributed by atoms with E-state index in [-0.39, 0.29) is 57.4 Å². The molecule has 5 rings (SSSR count). The highest BCUT2D eigenvalue weighted by molar-refractivity contribution is 7.92. The number of sulfonamides is 1. The quantitative estimate of drug-likeness (QED) is 0.445. The first-order valence-electron chi connectivity index (χ1n) is 11.1. The van der Waals surface area contributed by atoms with Gasteiger partial charge in [-0.3, -0.25) is 9.10 Å². The number of fused-ring (bicyclic) bond motifs is 1. The summed E-state index contributed by atoms with van der Waals surface area (Å²) in [6.07, 6.45) is 2.68. The van der Waals surface area contributed by atoms with Crippen molar-refractivity contribution in [3.63, 3.8) is 0 Å². The topological polar surface area (TPSA) is 96.8 Å². The Balaban J connectivity index is 1.51. The van der Waals surface area contributed by atoms with Crippen molar-refractivity contribution in [2.75, 3.05) is 17.5 Å². The molecule has 3 aromatic rings. The maximum Gasteiger partial charge on any atom is 0.264 e. The lowest BCUT2D eigenvalue weighted by Crippen LogP contribution is -2.45. The normalized spacial score (nSPS) is 17.6. The number of ketones is 1. The van der Waals surface area contributed by atoms with Crippen LogP contribution in [0.1, 0.15) is 40.2 Å². The number of aliphatic hydroxyl groups is 1. The smallest absolute Gasteiger partial charge is 0.264 e. The van der Waals surface area contributed by atoms with Crippen molar-refractivity contribution in [3.8, 4) is 5.88 Å². The molecule has 1 aliphatic heterocycles. The van der Waals surface area contributed by atoms with Crippen molar-refractivity contribution in [2.45, 2.75) is 36.2 Å². The van der Waals surface area contributed by atoms with E-state index in [1.165, 1.54) is 10.5 Å². The van der Waals surface area contributed by atoms with Crippen LogP contribution in [0.4, 0.5) is 5.69 Å². The summed E-state index contributed by atoms with van der Waals surface area (Å²) in [5.41, 5.74) is 1.88. The van der Waals surface area contributed by atoms with E-state index < -0.39 is 16.1 Å². The van der Waals surface area contributed by atoms with E-state index in [9.17, 15) is 18.3 Å². The molecule has 0 radical (unpaired) electrons. The summed E-state index contributed by atoms with van der Waals surface area (Å²) in [6.45, 7) is -0.463. The predicted octanol–water partition coefficient (Wildman–Crippen LogP) is 4.64. The molecule has 0 unspecified atom stereocenters. The van der Waals surface area contributed by atoms with Gasteiger partial charge in [-0.05, 0) is 60.2 Å². The average molecular weight is 533 g/mol. The first-order chi connectivity index (χ1) is 16.8. The highest BCUT2D eigenvalue weighted by Crippen LogP contribution is 2.42. The summed E-state index contributed by atoms with van der Waals surface area (Å²) in [4.78, 5) is 17.4. The van der Waals surface area contributed by atoms with Gasteiger partial charge in [0.2, 0.25) is 5.88 Å². The van der Waals surface area contributed by atoms with E-state index in [4.69, 9.17) is 27.9 Å². The number of carbonyl (C=O) groups is 1. The van der Waals surface area contributed by atoms with Crippen LogP contribution in [0.15, 0.2) is 59.6 Å². The molecule has 10 heteroatoms. The summed E-state index contributed by atoms with van der Waals surface area (Å²) >= 11 is 12.4. The standard InChI is InChI=1S/C25H22Cl2N2O5S/c26-20-5-2-6-21(27)24(20)23(31)10-15-9-22-25(28-12-15)34-18(14-30)13-29(22)35(32,33)19-4-1-3-17(11-19)16-7-8-16/h1-6,9,11-12,16,18,30H,7-8,10,13-14H2/t18-/m1/s1. The first kappa shape index (κ1) is 24.1. The molecule has 182 valence electrons. The zero-order valence-electron chi connectivity index (χ0n) is 18.5. The molecule has 1 N–H and O–H groups in total. The lowest BCUT2D eigenvalue weighted by Gasteiger charge is -2.34. The van der Waals surface area contributed by atoms with Gasteiger partial charge in [0.15, 0.2) is 5.78 Å². The van der Waals surface area contributed by atoms with Crippen LogP contribution < -0.4 is 9.04 Å². The predicted molar refractivity (Wildman–Crippen MR) is 133 cm³/mol. The van der Waals surface area contributed by atoms with Crippen LogP contribution in [0.5, 0.6) is 5.88 Å². The molecule has 0 spiro atoms. The molecule has 1 saturated carbocycles. The monoisotopic (exact) mass is 532 g/mol. The number of hydrogen-bond acceptors (Lipinski definition) is 6. The van der Waals surface area contributed by atoms with Gasteiger partial charge >= 0.3 is 0 Å². The third kappa shape index (κ3) is 4.76. The van der Waals surface area contributed by atoms with Crippen LogP contribution in [0.2, 0.25) is 10.0 Å². The average Bonchev–Trinajstić information content (AvgIpc) is 3.69. The molecule has 1 aliphatic carbocycles. The van der Waals surface area contributed by atoms with E-state index in [0.717, 1.165) is 18.4 Å². The van der Waals surface area contributed by atoms with Gasteiger partial charge in [-0.15, -0.1) is 0 Å². The molecule has 2 heterocycles. The summed E-state index contributed by atoms with van der Waals surface area (Å²) in [5.74, 6) is 0.145. The molecule has 1 aromatic heterocycles. The molecule has 1 atom stereocenters. The minimum atomic E-state index is -3.98. The van der Waals surface area contributed by atoms with Gasteiger partial charge in [-0.1, -0.05) is 41.4 Å². The van der Waals surface area contributed by atoms with Crippen LogP contribution in [0.25, 0.3) is 0 Å². The number of aliphatic hydroxyl groups excluding tert-OH is 1. The number of aromatic nitrogens is 1. The Labute approximate surface area is 213 Å². The van der Waals surface area contributed by atoms with Gasteiger partial charge in [0.25, 0.3) is 10.0 Å². The maximum absolute atomic E-state index is 13.7. The number of benzene rings is 2. The maximum atomic E-state index is 13.7. The van der Waals surface area contributed by atoms with E-state index >= 15 is 0 Å². The Bertz CT molecular complexity index is 1390. The summed E-state index contributed by atoms with van der Waals surface area (Å²) in [6, 6.07) is 13.3. The number of hydrogen-bond donors (Lipinski definition) is 1. The number of halogens is 2. The number of nitrogens with zero attached hydrogens (tertiary/aromatic N) is 2. The molecule has 1 fully saturated rings. The molecular formula is C25H22Cl2N2O5S. The number of pyridine rings is 1. The zero-order valence-corrected chi connectivity index (χ0v) is 20.9. The summed E-state index contributed by atoms with van der Waals surface area (Å²) in [5, 5.41) is 10.2. The van der Waals surface area contributed by atoms with Crippen molar-refractivity contribution in [1.29, 1.82) is 0 Å². The van der Waals surface area contributed by atoms with Crippen LogP contribution >= 0.6 is 23.2 Å². The lowest BCUT2D eigenvalue weighted by molar-refractivity contribution is 0.0992. The zero-order chi connectivity index (χ0) is 24.7. The fourth-order valence-corrected chi connectivity index (χ4v) is 6.31. The highest BCUT2D eigenvalue weighted by atomic mass is 35.5. The molecule has 0 amide bonds. The van der Waals surface area contributed by atoms with Crippen molar-refractivity contribution >= 4 is 44.7 Å². The summed E-state index contributed by atoms with van der Waals surface area (Å²) < 4.78 is 34.3. The van der Waals surface area contributed by atoms with Crippen molar-refractivity contribution < 1.29 is 23.1 Å². The minimum Gasteiger partial charge on any atom is -0.468 e. The lowest BCUT2D eigenvalue weighted by atomic mass is 10.0. The van der Waals surface area contributed by atoms with Gasteiger partial charge in [-0.2, -0.15) is 0 Å². The Hall–Kier alpha value is -2.65. The van der Waals surface area contributed by atoms with E-state index in [1.807, 2.05) is 6.07 Å². The third-order valence-electron chi connectivity index (χ3n) is 6.11. The van der Waals surface area contributed by atoms with Crippen molar-refractivity contribution in [1.82, 2.24) is 4.98 Å². The fourth-order valence-electron chi connectivity index (χ4n) is 4.16. The van der Waals surface area contributed by atoms with Crippen LogP contribution in [0.3, 0.4) is 0 Å². The van der Waals surface area contributed by atoms with Crippen molar-refractivity contribution in [2.24, 2.45) is 0 Å². The van der Waals surface area contributed by atoms with Crippen LogP contribution in [-0.4, -0.2) is 43.5 Å². The number of rotatable bonds is 7. The summed E-state index contributed by atoms with van der Waals surface area (Å²) in [7, 11) is -3.98. The van der Waals surface area contributed by atoms with E-state index in [0.29, 0.717) is 11.5 Å². The molecule has 2 aliphatic rings. The molecule has 2 aromatic carbocycles. The second-order valence-corrected chi connectivity index (χ2v) is 11.3. The van der Waals surface area contributed by atoms with E-state index in [2.05, 4.69) is 4.98 Å². The fraction of sp³-hybridized carbons (Fsp3) is 0.280. The molecule has 7 nitrogen and oxygen atoms in total. The Morgan fingerprint density at radius 3 is 2.51 bits per heavy atom. The van der Waals surface area contributed by atoms with Gasteiger partial charge in [0.1, 0.15) is 11.8 Å². The largest absolute Gasteiger partial charge is 0.468 e. The van der Waals surface area contributed by atoms with Crippen LogP contribution in [-0.2, 0) is 16.4 Å². The van der Waals surface area contributed by atoms with Gasteiger partial charge in [0.05, 0.1) is 33.7 Å². The number of anilines is 1. The second kappa shape index (κ2) is 9.43. The van der Waals surface area contributed by atoms with Crippen molar-refractivity contribution in [3.05, 3.63) is 81.5 Å². The molecule has 0 saturated heterocycles. The Morgan fingerprint density at radius 2 is 1.83 bits per heavy atom. The second-order valence-electron chi connectivity index (χ2n) is 8.67. The van der Waals surface area contributed by atoms with Gasteiger partial charge in [0, 0.05) is 12.6 Å². The molecular weight excluding hydrogens is 511 g/mol. The van der Waals surface area contributed by atoms with Crippen LogP contribution in [0, 0.1) is 0 Å². The number of carbonyl (C=O) groups excluding carboxylic acids is 1. The van der Waals surface area contributed by atoms with Gasteiger partial charge < -0.3 is 9.84 Å². The minimum absolute atomic E-state index is 0.0733. The van der Waals surface area contributed by atoms with E-state index in [1.54, 1.807) is 42.5 Å². The molecule has 0 bridgehead atoms.